The van der Waals surface area contributed by atoms with Gasteiger partial charge in [-0.1, -0.05) is 29.8 Å². The molecule has 0 radical (unpaired) electrons. The van der Waals surface area contributed by atoms with Gasteiger partial charge in [0.1, 0.15) is 0 Å². The van der Waals surface area contributed by atoms with Gasteiger partial charge in [-0.15, -0.1) is 0 Å². The molecule has 0 bridgehead atoms. The molecule has 3 aromatic heterocycles. The molecule has 140 valence electrons. The van der Waals surface area contributed by atoms with Gasteiger partial charge in [0.2, 0.25) is 5.95 Å². The van der Waals surface area contributed by atoms with Crippen LogP contribution < -0.4 is 5.32 Å². The van der Waals surface area contributed by atoms with Crippen LogP contribution in [0.3, 0.4) is 0 Å². The minimum Gasteiger partial charge on any atom is -0.310 e. The first-order chi connectivity index (χ1) is 13.6. The standard InChI is InChI=1S/C20H15ClFN5O/c21-18-17(22)14(8-11-24-18)19(28)26-20-25-15-6-1-2-7-16(15)27(20)12-9-13-5-3-4-10-23-13/h1-8,10-11H,9,12H2,(H,25,26,28). The van der Waals surface area contributed by atoms with Gasteiger partial charge in [0.25, 0.3) is 5.91 Å². The molecule has 0 spiro atoms. The summed E-state index contributed by atoms with van der Waals surface area (Å²) in [5, 5.41) is 2.34. The predicted octanol–water partition coefficient (Wildman–Crippen LogP) is 4.11. The summed E-state index contributed by atoms with van der Waals surface area (Å²) in [6.45, 7) is 0.548. The Bertz CT molecular complexity index is 1150. The van der Waals surface area contributed by atoms with Crippen molar-refractivity contribution in [3.63, 3.8) is 0 Å². The number of aromatic nitrogens is 4. The molecule has 0 aliphatic carbocycles. The third kappa shape index (κ3) is 3.57. The molecule has 1 N–H and O–H groups in total. The van der Waals surface area contributed by atoms with E-state index in [1.54, 1.807) is 6.20 Å². The van der Waals surface area contributed by atoms with E-state index in [9.17, 15) is 9.18 Å². The lowest BCUT2D eigenvalue weighted by Crippen LogP contribution is -2.18. The number of fused-ring (bicyclic) bond motifs is 1. The maximum Gasteiger partial charge on any atom is 0.261 e. The van der Waals surface area contributed by atoms with Gasteiger partial charge in [0, 0.05) is 31.1 Å². The Morgan fingerprint density at radius 3 is 2.71 bits per heavy atom. The second-order valence-electron chi connectivity index (χ2n) is 6.06. The number of amides is 1. The van der Waals surface area contributed by atoms with Gasteiger partial charge in [0.15, 0.2) is 11.0 Å². The Kier molecular flexibility index (Phi) is 4.99. The third-order valence-electron chi connectivity index (χ3n) is 4.29. The molecule has 0 saturated carbocycles. The number of imidazole rings is 1. The average Bonchev–Trinajstić information content (AvgIpc) is 3.06. The molecule has 0 atom stereocenters. The largest absolute Gasteiger partial charge is 0.310 e. The number of para-hydroxylation sites is 2. The molecule has 0 aliphatic heterocycles. The summed E-state index contributed by atoms with van der Waals surface area (Å²) >= 11 is 5.68. The lowest BCUT2D eigenvalue weighted by molar-refractivity contribution is 0.102. The maximum absolute atomic E-state index is 14.1. The van der Waals surface area contributed by atoms with E-state index < -0.39 is 11.7 Å². The summed E-state index contributed by atoms with van der Waals surface area (Å²) < 4.78 is 16.0. The Hall–Kier alpha value is -3.32. The van der Waals surface area contributed by atoms with Crippen LogP contribution >= 0.6 is 11.6 Å². The van der Waals surface area contributed by atoms with Crippen LogP contribution in [0.2, 0.25) is 5.15 Å². The number of rotatable bonds is 5. The second-order valence-corrected chi connectivity index (χ2v) is 6.42. The zero-order valence-corrected chi connectivity index (χ0v) is 15.4. The summed E-state index contributed by atoms with van der Waals surface area (Å²) in [6, 6.07) is 14.5. The van der Waals surface area contributed by atoms with Gasteiger partial charge in [-0.3, -0.25) is 15.1 Å². The predicted molar refractivity (Wildman–Crippen MR) is 105 cm³/mol. The van der Waals surface area contributed by atoms with Crippen LogP contribution in [0.4, 0.5) is 10.3 Å². The Labute approximate surface area is 165 Å². The lowest BCUT2D eigenvalue weighted by atomic mass is 10.2. The molecule has 0 unspecified atom stereocenters. The van der Waals surface area contributed by atoms with Crippen molar-refractivity contribution < 1.29 is 9.18 Å². The highest BCUT2D eigenvalue weighted by Crippen LogP contribution is 2.22. The molecule has 0 aliphatic rings. The van der Waals surface area contributed by atoms with E-state index in [1.165, 1.54) is 12.3 Å². The number of aryl methyl sites for hydroxylation is 2. The number of pyridine rings is 2. The summed E-state index contributed by atoms with van der Waals surface area (Å²) in [4.78, 5) is 25.0. The zero-order chi connectivity index (χ0) is 19.5. The fraction of sp³-hybridized carbons (Fsp3) is 0.100. The molecule has 3 heterocycles. The van der Waals surface area contributed by atoms with E-state index in [1.807, 2.05) is 47.0 Å². The molecule has 1 amide bonds. The van der Waals surface area contributed by atoms with Crippen LogP contribution in [-0.2, 0) is 13.0 Å². The summed E-state index contributed by atoms with van der Waals surface area (Å²) in [6.07, 6.45) is 3.67. The minimum absolute atomic E-state index is 0.191. The number of carbonyl (C=O) groups excluding carboxylic acids is 1. The highest BCUT2D eigenvalue weighted by molar-refractivity contribution is 6.30. The highest BCUT2D eigenvalue weighted by atomic mass is 35.5. The van der Waals surface area contributed by atoms with Crippen molar-refractivity contribution in [3.8, 4) is 0 Å². The van der Waals surface area contributed by atoms with Gasteiger partial charge in [-0.25, -0.2) is 14.4 Å². The van der Waals surface area contributed by atoms with Crippen molar-refractivity contribution in [1.82, 2.24) is 19.5 Å². The Balaban J connectivity index is 1.66. The van der Waals surface area contributed by atoms with E-state index in [-0.39, 0.29) is 10.7 Å². The fourth-order valence-electron chi connectivity index (χ4n) is 2.93. The average molecular weight is 396 g/mol. The van der Waals surface area contributed by atoms with Crippen LogP contribution in [0.5, 0.6) is 0 Å². The van der Waals surface area contributed by atoms with Gasteiger partial charge in [-0.05, 0) is 30.3 Å². The van der Waals surface area contributed by atoms with E-state index in [0.717, 1.165) is 16.7 Å². The smallest absolute Gasteiger partial charge is 0.261 e. The quantitative estimate of drug-likeness (QED) is 0.516. The number of nitrogens with one attached hydrogen (secondary N) is 1. The lowest BCUT2D eigenvalue weighted by Gasteiger charge is -2.10. The number of nitrogens with zero attached hydrogens (tertiary/aromatic N) is 4. The Morgan fingerprint density at radius 2 is 1.89 bits per heavy atom. The van der Waals surface area contributed by atoms with Crippen molar-refractivity contribution >= 4 is 34.5 Å². The van der Waals surface area contributed by atoms with Crippen molar-refractivity contribution in [1.29, 1.82) is 0 Å². The number of hydrogen-bond donors (Lipinski definition) is 1. The van der Waals surface area contributed by atoms with Gasteiger partial charge < -0.3 is 4.57 Å². The van der Waals surface area contributed by atoms with Gasteiger partial charge in [0.05, 0.1) is 16.6 Å². The molecular weight excluding hydrogens is 381 g/mol. The number of benzene rings is 1. The first-order valence-electron chi connectivity index (χ1n) is 8.60. The van der Waals surface area contributed by atoms with E-state index >= 15 is 0 Å². The van der Waals surface area contributed by atoms with Crippen molar-refractivity contribution in [3.05, 3.63) is 83.2 Å². The van der Waals surface area contributed by atoms with Gasteiger partial charge >= 0.3 is 0 Å². The number of hydrogen-bond acceptors (Lipinski definition) is 4. The first-order valence-corrected chi connectivity index (χ1v) is 8.98. The van der Waals surface area contributed by atoms with E-state index in [2.05, 4.69) is 20.3 Å². The second kappa shape index (κ2) is 7.74. The highest BCUT2D eigenvalue weighted by Gasteiger charge is 2.18. The molecule has 4 aromatic rings. The zero-order valence-electron chi connectivity index (χ0n) is 14.6. The topological polar surface area (TPSA) is 72.7 Å². The number of halogens is 2. The summed E-state index contributed by atoms with van der Waals surface area (Å²) in [5.41, 5.74) is 2.32. The van der Waals surface area contributed by atoms with Crippen LogP contribution in [0.25, 0.3) is 11.0 Å². The maximum atomic E-state index is 14.1. The molecule has 0 saturated heterocycles. The van der Waals surface area contributed by atoms with Gasteiger partial charge in [-0.2, -0.15) is 0 Å². The van der Waals surface area contributed by atoms with Crippen LogP contribution in [0.15, 0.2) is 60.9 Å². The van der Waals surface area contributed by atoms with Crippen molar-refractivity contribution in [2.24, 2.45) is 0 Å². The van der Waals surface area contributed by atoms with E-state index in [0.29, 0.717) is 18.9 Å². The van der Waals surface area contributed by atoms with Crippen molar-refractivity contribution in [2.75, 3.05) is 5.32 Å². The number of anilines is 1. The fourth-order valence-corrected chi connectivity index (χ4v) is 3.09. The molecule has 0 fully saturated rings. The van der Waals surface area contributed by atoms with Crippen LogP contribution in [0.1, 0.15) is 16.1 Å². The molecular formula is C20H15ClFN5O. The summed E-state index contributed by atoms with van der Waals surface area (Å²) in [7, 11) is 0. The molecule has 8 heteroatoms. The minimum atomic E-state index is -0.863. The van der Waals surface area contributed by atoms with E-state index in [4.69, 9.17) is 11.6 Å². The van der Waals surface area contributed by atoms with Crippen molar-refractivity contribution in [2.45, 2.75) is 13.0 Å². The van der Waals surface area contributed by atoms with Crippen LogP contribution in [-0.4, -0.2) is 25.4 Å². The SMILES string of the molecule is O=C(Nc1nc2ccccc2n1CCc1ccccn1)c1ccnc(Cl)c1F. The number of carbonyl (C=O) groups is 1. The summed E-state index contributed by atoms with van der Waals surface area (Å²) in [5.74, 6) is -1.18. The molecule has 1 aromatic carbocycles. The first kappa shape index (κ1) is 18.1. The molecule has 6 nitrogen and oxygen atoms in total. The normalized spacial score (nSPS) is 10.9. The Morgan fingerprint density at radius 1 is 1.07 bits per heavy atom. The van der Waals surface area contributed by atoms with Crippen LogP contribution in [0, 0.1) is 5.82 Å². The molecule has 28 heavy (non-hydrogen) atoms. The third-order valence-corrected chi connectivity index (χ3v) is 4.55. The molecule has 4 rings (SSSR count). The monoisotopic (exact) mass is 395 g/mol.